The van der Waals surface area contributed by atoms with E-state index >= 15 is 4.39 Å². The third kappa shape index (κ3) is 3.09. The molecule has 0 radical (unpaired) electrons. The molecule has 29 heavy (non-hydrogen) atoms. The highest BCUT2D eigenvalue weighted by Gasteiger charge is 2.67. The third-order valence-corrected chi connectivity index (χ3v) is 10.4. The molecule has 0 aromatic carbocycles. The van der Waals surface area contributed by atoms with Crippen LogP contribution >= 0.6 is 0 Å². The highest BCUT2D eigenvalue weighted by atomic mass is 19.1. The Hall–Kier alpha value is -0.680. The van der Waals surface area contributed by atoms with E-state index in [0.717, 1.165) is 32.1 Å². The Balaban J connectivity index is 1.60. The molecule has 5 heteroatoms. The summed E-state index contributed by atoms with van der Waals surface area (Å²) in [5, 5.41) is 31.1. The van der Waals surface area contributed by atoms with Crippen molar-refractivity contribution in [3.63, 3.8) is 0 Å². The normalized spacial score (nSPS) is 49.6. The molecule has 3 N–H and O–H groups in total. The van der Waals surface area contributed by atoms with Crippen LogP contribution in [0.25, 0.3) is 0 Å². The quantitative estimate of drug-likeness (QED) is 0.583. The molecule has 4 saturated carbocycles. The zero-order chi connectivity index (χ0) is 21.2. The molecule has 0 aromatic heterocycles. The number of carboxylic acid groups (broad SMARTS) is 1. The summed E-state index contributed by atoms with van der Waals surface area (Å²) in [7, 11) is 0. The van der Waals surface area contributed by atoms with Gasteiger partial charge >= 0.3 is 5.97 Å². The number of carbonyl (C=O) groups is 1. The Morgan fingerprint density at radius 3 is 2.48 bits per heavy atom. The lowest BCUT2D eigenvalue weighted by Gasteiger charge is -2.64. The summed E-state index contributed by atoms with van der Waals surface area (Å²) in [6, 6.07) is 0. The summed E-state index contributed by atoms with van der Waals surface area (Å²) in [6.07, 6.45) is 6.47. The molecule has 0 heterocycles. The second-order valence-electron chi connectivity index (χ2n) is 11.4. The number of fused-ring (bicyclic) bond motifs is 5. The number of aliphatic carboxylic acids is 1. The van der Waals surface area contributed by atoms with Crippen LogP contribution in [-0.4, -0.2) is 33.2 Å². The number of halogens is 1. The fraction of sp³-hybridized carbons (Fsp3) is 0.958. The second kappa shape index (κ2) is 7.19. The average Bonchev–Trinajstić information content (AvgIpc) is 2.99. The predicted octanol–water partition coefficient (Wildman–Crippen LogP) is 4.78. The van der Waals surface area contributed by atoms with E-state index in [1.54, 1.807) is 0 Å². The van der Waals surface area contributed by atoms with Gasteiger partial charge in [-0.2, -0.15) is 0 Å². The van der Waals surface area contributed by atoms with E-state index in [2.05, 4.69) is 13.8 Å². The average molecular weight is 411 g/mol. The van der Waals surface area contributed by atoms with Gasteiger partial charge in [0.2, 0.25) is 0 Å². The van der Waals surface area contributed by atoms with Crippen molar-refractivity contribution in [2.45, 2.75) is 96.9 Å². The standard InChI is InChI=1S/C24H39FO4/c1-14(6-9-21(26)27)16-7-8-17-15-13-20(25)19-5-4-11-24(28,29)23(19,3)18(15)10-12-22(16,17)2/h14-20,28-29H,4-13H2,1-3H3,(H,26,27)/t14-,15+,16-,17+,18+,19+,20?,22-,23-/m1/s1. The van der Waals surface area contributed by atoms with Crippen LogP contribution in [0.15, 0.2) is 0 Å². The van der Waals surface area contributed by atoms with Crippen molar-refractivity contribution in [1.82, 2.24) is 0 Å². The van der Waals surface area contributed by atoms with Crippen LogP contribution < -0.4 is 0 Å². The number of hydrogen-bond acceptors (Lipinski definition) is 3. The Bertz CT molecular complexity index is 651. The molecule has 9 atom stereocenters. The molecule has 4 aliphatic carbocycles. The largest absolute Gasteiger partial charge is 0.481 e. The third-order valence-electron chi connectivity index (χ3n) is 10.4. The highest BCUT2D eigenvalue weighted by Crippen LogP contribution is 2.69. The Morgan fingerprint density at radius 1 is 1.07 bits per heavy atom. The molecular weight excluding hydrogens is 371 g/mol. The molecule has 4 rings (SSSR count). The van der Waals surface area contributed by atoms with Crippen molar-refractivity contribution in [2.75, 3.05) is 0 Å². The van der Waals surface area contributed by atoms with Gasteiger partial charge < -0.3 is 15.3 Å². The van der Waals surface area contributed by atoms with E-state index in [9.17, 15) is 15.0 Å². The smallest absolute Gasteiger partial charge is 0.303 e. The highest BCUT2D eigenvalue weighted by molar-refractivity contribution is 5.66. The fourth-order valence-electron chi connectivity index (χ4n) is 8.88. The van der Waals surface area contributed by atoms with Gasteiger partial charge in [0, 0.05) is 24.2 Å². The molecule has 0 spiro atoms. The maximum atomic E-state index is 15.4. The number of hydrogen-bond donors (Lipinski definition) is 3. The first-order valence-electron chi connectivity index (χ1n) is 11.8. The Morgan fingerprint density at radius 2 is 1.79 bits per heavy atom. The Labute approximate surface area is 174 Å². The van der Waals surface area contributed by atoms with Gasteiger partial charge in [-0.25, -0.2) is 4.39 Å². The number of rotatable bonds is 4. The summed E-state index contributed by atoms with van der Waals surface area (Å²) in [5.74, 6) is -1.13. The first kappa shape index (κ1) is 21.5. The van der Waals surface area contributed by atoms with Gasteiger partial charge in [-0.3, -0.25) is 4.79 Å². The summed E-state index contributed by atoms with van der Waals surface area (Å²) in [6.45, 7) is 6.51. The number of aliphatic hydroxyl groups is 2. The lowest BCUT2D eigenvalue weighted by molar-refractivity contribution is -0.321. The van der Waals surface area contributed by atoms with E-state index in [1.807, 2.05) is 6.92 Å². The molecule has 0 aromatic rings. The van der Waals surface area contributed by atoms with Crippen molar-refractivity contribution >= 4 is 5.97 Å². The van der Waals surface area contributed by atoms with Crippen LogP contribution in [0.5, 0.6) is 0 Å². The molecule has 0 aliphatic heterocycles. The minimum atomic E-state index is -1.77. The van der Waals surface area contributed by atoms with Crippen molar-refractivity contribution in [1.29, 1.82) is 0 Å². The molecule has 4 nitrogen and oxygen atoms in total. The SMILES string of the molecule is C[C@H](CCC(=O)O)[C@H]1CC[C@H]2[C@@H]3CC(F)[C@@H]4CCCC(O)(O)[C@]4(C)[C@H]3CC[C@]12C. The molecule has 166 valence electrons. The molecule has 4 fully saturated rings. The van der Waals surface area contributed by atoms with Crippen molar-refractivity contribution in [3.8, 4) is 0 Å². The zero-order valence-electron chi connectivity index (χ0n) is 18.2. The monoisotopic (exact) mass is 410 g/mol. The minimum absolute atomic E-state index is 0.115. The molecule has 0 amide bonds. The lowest BCUT2D eigenvalue weighted by Crippen LogP contribution is -2.65. The van der Waals surface area contributed by atoms with E-state index < -0.39 is 23.3 Å². The molecule has 0 saturated heterocycles. The molecule has 1 unspecified atom stereocenters. The summed E-state index contributed by atoms with van der Waals surface area (Å²) < 4.78 is 15.4. The molecular formula is C24H39FO4. The van der Waals surface area contributed by atoms with Crippen LogP contribution in [0.3, 0.4) is 0 Å². The van der Waals surface area contributed by atoms with Gasteiger partial charge in [0.25, 0.3) is 0 Å². The zero-order valence-corrected chi connectivity index (χ0v) is 18.2. The van der Waals surface area contributed by atoms with Gasteiger partial charge in [0.1, 0.15) is 6.17 Å². The van der Waals surface area contributed by atoms with Crippen LogP contribution in [0.4, 0.5) is 4.39 Å². The van der Waals surface area contributed by atoms with Gasteiger partial charge in [0.15, 0.2) is 5.79 Å². The summed E-state index contributed by atoms with van der Waals surface area (Å²) in [4.78, 5) is 11.0. The topological polar surface area (TPSA) is 77.8 Å². The van der Waals surface area contributed by atoms with Crippen LogP contribution in [-0.2, 0) is 4.79 Å². The molecule has 4 aliphatic rings. The van der Waals surface area contributed by atoms with E-state index in [-0.39, 0.29) is 29.6 Å². The lowest BCUT2D eigenvalue weighted by atomic mass is 9.42. The van der Waals surface area contributed by atoms with Crippen molar-refractivity contribution < 1.29 is 24.5 Å². The summed E-state index contributed by atoms with van der Waals surface area (Å²) >= 11 is 0. The van der Waals surface area contributed by atoms with Crippen molar-refractivity contribution in [3.05, 3.63) is 0 Å². The Kier molecular flexibility index (Phi) is 5.34. The van der Waals surface area contributed by atoms with Crippen LogP contribution in [0.1, 0.15) is 85.0 Å². The number of carboxylic acids is 1. The number of alkyl halides is 1. The van der Waals surface area contributed by atoms with Crippen molar-refractivity contribution in [2.24, 2.45) is 46.3 Å². The van der Waals surface area contributed by atoms with Crippen LogP contribution in [0.2, 0.25) is 0 Å². The van der Waals surface area contributed by atoms with Gasteiger partial charge in [-0.1, -0.05) is 20.8 Å². The maximum Gasteiger partial charge on any atom is 0.303 e. The maximum absolute atomic E-state index is 15.4. The van der Waals surface area contributed by atoms with E-state index in [0.29, 0.717) is 43.4 Å². The first-order valence-corrected chi connectivity index (χ1v) is 11.8. The predicted molar refractivity (Wildman–Crippen MR) is 109 cm³/mol. The van der Waals surface area contributed by atoms with Gasteiger partial charge in [-0.15, -0.1) is 0 Å². The van der Waals surface area contributed by atoms with E-state index in [4.69, 9.17) is 5.11 Å². The molecule has 0 bridgehead atoms. The first-order chi connectivity index (χ1) is 13.5. The van der Waals surface area contributed by atoms with Gasteiger partial charge in [-0.05, 0) is 86.4 Å². The second-order valence-corrected chi connectivity index (χ2v) is 11.4. The fourth-order valence-corrected chi connectivity index (χ4v) is 8.88. The van der Waals surface area contributed by atoms with Crippen LogP contribution in [0, 0.1) is 46.3 Å². The van der Waals surface area contributed by atoms with E-state index in [1.165, 1.54) is 0 Å². The summed E-state index contributed by atoms with van der Waals surface area (Å²) in [5.41, 5.74) is -0.647. The minimum Gasteiger partial charge on any atom is -0.481 e. The van der Waals surface area contributed by atoms with Gasteiger partial charge in [0.05, 0.1) is 0 Å².